The molecule has 0 atom stereocenters. The van der Waals surface area contributed by atoms with E-state index in [4.69, 9.17) is 4.74 Å². The average Bonchev–Trinajstić information content (AvgIpc) is 2.67. The Hall–Kier alpha value is -1.99. The molecule has 0 bridgehead atoms. The number of ether oxygens (including phenoxy) is 1. The number of nitro groups is 1. The van der Waals surface area contributed by atoms with Crippen molar-refractivity contribution in [3.05, 3.63) is 39.9 Å². The van der Waals surface area contributed by atoms with E-state index in [1.165, 1.54) is 18.6 Å². The topological polar surface area (TPSA) is 84.7 Å². The van der Waals surface area contributed by atoms with Gasteiger partial charge in [-0.1, -0.05) is 31.4 Å². The largest absolute Gasteiger partial charge is 0.379 e. The molecule has 1 aromatic carbocycles. The zero-order chi connectivity index (χ0) is 17.7. The first-order chi connectivity index (χ1) is 12.1. The molecule has 1 aliphatic heterocycles. The van der Waals surface area contributed by atoms with Crippen LogP contribution in [0.1, 0.15) is 42.5 Å². The van der Waals surface area contributed by atoms with Gasteiger partial charge in [0.25, 0.3) is 11.6 Å². The molecule has 136 valence electrons. The number of nitrogens with one attached hydrogen (secondary N) is 1. The number of rotatable bonds is 5. The van der Waals surface area contributed by atoms with Crippen molar-refractivity contribution in [3.8, 4) is 0 Å². The summed E-state index contributed by atoms with van der Waals surface area (Å²) in [7, 11) is 0. The number of amides is 1. The van der Waals surface area contributed by atoms with Gasteiger partial charge in [-0.3, -0.25) is 19.8 Å². The number of nitro benzene ring substituents is 1. The van der Waals surface area contributed by atoms with Crippen LogP contribution in [0.25, 0.3) is 0 Å². The van der Waals surface area contributed by atoms with E-state index >= 15 is 0 Å². The minimum atomic E-state index is -0.507. The molecular formula is C18H25N3O4. The van der Waals surface area contributed by atoms with Crippen LogP contribution in [0.15, 0.2) is 24.3 Å². The Bertz CT molecular complexity index is 623. The van der Waals surface area contributed by atoms with E-state index in [2.05, 4.69) is 10.2 Å². The van der Waals surface area contributed by atoms with Crippen molar-refractivity contribution in [1.82, 2.24) is 10.2 Å². The summed E-state index contributed by atoms with van der Waals surface area (Å²) in [6, 6.07) is 6.11. The van der Waals surface area contributed by atoms with Crippen molar-refractivity contribution in [2.24, 2.45) is 0 Å². The number of hydrogen-bond acceptors (Lipinski definition) is 5. The number of morpholine rings is 1. The maximum absolute atomic E-state index is 12.6. The van der Waals surface area contributed by atoms with Gasteiger partial charge in [0, 0.05) is 31.2 Å². The summed E-state index contributed by atoms with van der Waals surface area (Å²) in [4.78, 5) is 25.7. The highest BCUT2D eigenvalue weighted by Crippen LogP contribution is 2.34. The lowest BCUT2D eigenvalue weighted by molar-refractivity contribution is -0.385. The zero-order valence-corrected chi connectivity index (χ0v) is 14.4. The van der Waals surface area contributed by atoms with E-state index < -0.39 is 4.92 Å². The van der Waals surface area contributed by atoms with Gasteiger partial charge < -0.3 is 10.1 Å². The van der Waals surface area contributed by atoms with Crippen molar-refractivity contribution in [3.63, 3.8) is 0 Å². The summed E-state index contributed by atoms with van der Waals surface area (Å²) >= 11 is 0. The van der Waals surface area contributed by atoms with E-state index in [1.807, 2.05) is 0 Å². The summed E-state index contributed by atoms with van der Waals surface area (Å²) in [5.74, 6) is -0.370. The van der Waals surface area contributed by atoms with Crippen LogP contribution in [-0.4, -0.2) is 54.1 Å². The fourth-order valence-electron chi connectivity index (χ4n) is 4.02. The molecule has 0 unspecified atom stereocenters. The number of carbonyl (C=O) groups is 1. The van der Waals surface area contributed by atoms with E-state index in [9.17, 15) is 14.9 Å². The lowest BCUT2D eigenvalue weighted by Crippen LogP contribution is -2.59. The summed E-state index contributed by atoms with van der Waals surface area (Å²) in [6.07, 6.45) is 5.62. The van der Waals surface area contributed by atoms with Crippen LogP contribution in [0.3, 0.4) is 0 Å². The lowest BCUT2D eigenvalue weighted by Gasteiger charge is -2.48. The molecule has 1 saturated heterocycles. The standard InChI is InChI=1S/C18H25N3O4/c22-17(15-6-2-3-7-16(15)21(23)24)19-14-18(8-4-1-5-9-18)20-10-12-25-13-11-20/h2-3,6-7H,1,4-5,8-14H2,(H,19,22). The van der Waals surface area contributed by atoms with Gasteiger partial charge in [0.05, 0.1) is 18.1 Å². The Kier molecular flexibility index (Phi) is 5.65. The molecular weight excluding hydrogens is 322 g/mol. The fraction of sp³-hybridized carbons (Fsp3) is 0.611. The van der Waals surface area contributed by atoms with E-state index in [-0.39, 0.29) is 22.7 Å². The molecule has 7 heteroatoms. The Morgan fingerprint density at radius 2 is 1.88 bits per heavy atom. The zero-order valence-electron chi connectivity index (χ0n) is 14.4. The molecule has 0 spiro atoms. The van der Waals surface area contributed by atoms with Gasteiger partial charge in [-0.2, -0.15) is 0 Å². The maximum atomic E-state index is 12.6. The van der Waals surface area contributed by atoms with Gasteiger partial charge >= 0.3 is 0 Å². The number of hydrogen-bond donors (Lipinski definition) is 1. The molecule has 1 saturated carbocycles. The highest BCUT2D eigenvalue weighted by Gasteiger charge is 2.39. The molecule has 1 aliphatic carbocycles. The van der Waals surface area contributed by atoms with Crippen LogP contribution in [0.4, 0.5) is 5.69 Å². The number of para-hydroxylation sites is 1. The molecule has 0 aromatic heterocycles. The molecule has 7 nitrogen and oxygen atoms in total. The predicted molar refractivity (Wildman–Crippen MR) is 93.6 cm³/mol. The number of nitrogens with zero attached hydrogens (tertiary/aromatic N) is 2. The third kappa shape index (κ3) is 3.99. The van der Waals surface area contributed by atoms with Crippen LogP contribution in [0, 0.1) is 10.1 Å². The van der Waals surface area contributed by atoms with E-state index in [1.54, 1.807) is 12.1 Å². The van der Waals surface area contributed by atoms with Gasteiger partial charge in [0.15, 0.2) is 0 Å². The van der Waals surface area contributed by atoms with Crippen LogP contribution in [-0.2, 0) is 4.74 Å². The lowest BCUT2D eigenvalue weighted by atomic mass is 9.79. The second-order valence-corrected chi connectivity index (χ2v) is 6.84. The minimum absolute atomic E-state index is 0.0543. The van der Waals surface area contributed by atoms with Crippen LogP contribution < -0.4 is 5.32 Å². The van der Waals surface area contributed by atoms with Gasteiger partial charge in [-0.25, -0.2) is 0 Å². The molecule has 2 aliphatic rings. The van der Waals surface area contributed by atoms with Crippen molar-refractivity contribution in [2.45, 2.75) is 37.6 Å². The SMILES string of the molecule is O=C(NCC1(N2CCOCC2)CCCCC1)c1ccccc1[N+](=O)[O-]. The normalized spacial score (nSPS) is 20.8. The highest BCUT2D eigenvalue weighted by molar-refractivity contribution is 5.98. The van der Waals surface area contributed by atoms with Crippen molar-refractivity contribution in [2.75, 3.05) is 32.8 Å². The number of benzene rings is 1. The Morgan fingerprint density at radius 3 is 2.56 bits per heavy atom. The minimum Gasteiger partial charge on any atom is -0.379 e. The van der Waals surface area contributed by atoms with E-state index in [0.29, 0.717) is 6.54 Å². The monoisotopic (exact) mass is 347 g/mol. The van der Waals surface area contributed by atoms with Gasteiger partial charge in [-0.05, 0) is 18.9 Å². The average molecular weight is 347 g/mol. The van der Waals surface area contributed by atoms with Gasteiger partial charge in [0.1, 0.15) is 5.56 Å². The first kappa shape index (κ1) is 17.8. The van der Waals surface area contributed by atoms with Crippen molar-refractivity contribution in [1.29, 1.82) is 0 Å². The van der Waals surface area contributed by atoms with E-state index in [0.717, 1.165) is 52.0 Å². The Balaban J connectivity index is 1.73. The second-order valence-electron chi connectivity index (χ2n) is 6.84. The maximum Gasteiger partial charge on any atom is 0.282 e. The molecule has 1 amide bonds. The van der Waals surface area contributed by atoms with Crippen LogP contribution in [0.5, 0.6) is 0 Å². The third-order valence-electron chi connectivity index (χ3n) is 5.39. The van der Waals surface area contributed by atoms with Crippen molar-refractivity contribution >= 4 is 11.6 Å². The smallest absolute Gasteiger partial charge is 0.282 e. The second kappa shape index (κ2) is 7.93. The summed E-state index contributed by atoms with van der Waals surface area (Å²) < 4.78 is 5.47. The summed E-state index contributed by atoms with van der Waals surface area (Å²) in [6.45, 7) is 3.72. The van der Waals surface area contributed by atoms with Gasteiger partial charge in [-0.15, -0.1) is 0 Å². The Morgan fingerprint density at radius 1 is 1.20 bits per heavy atom. The van der Waals surface area contributed by atoms with Crippen LogP contribution >= 0.6 is 0 Å². The molecule has 1 aromatic rings. The molecule has 0 radical (unpaired) electrons. The predicted octanol–water partition coefficient (Wildman–Crippen LogP) is 2.36. The van der Waals surface area contributed by atoms with Crippen LogP contribution in [0.2, 0.25) is 0 Å². The first-order valence-electron chi connectivity index (χ1n) is 8.97. The molecule has 25 heavy (non-hydrogen) atoms. The fourth-order valence-corrected chi connectivity index (χ4v) is 4.02. The van der Waals surface area contributed by atoms with Gasteiger partial charge in [0.2, 0.25) is 0 Å². The molecule has 2 fully saturated rings. The highest BCUT2D eigenvalue weighted by atomic mass is 16.6. The summed E-state index contributed by atoms with van der Waals surface area (Å²) in [5.41, 5.74) is -0.0779. The number of carbonyl (C=O) groups excluding carboxylic acids is 1. The van der Waals surface area contributed by atoms with Crippen molar-refractivity contribution < 1.29 is 14.5 Å². The quantitative estimate of drug-likeness (QED) is 0.653. The molecule has 1 heterocycles. The first-order valence-corrected chi connectivity index (χ1v) is 8.97. The summed E-state index contributed by atoms with van der Waals surface area (Å²) in [5, 5.41) is 14.1. The third-order valence-corrected chi connectivity index (χ3v) is 5.39. The molecule has 3 rings (SSSR count). The molecule has 1 N–H and O–H groups in total. The Labute approximate surface area is 147 Å².